The zero-order valence-electron chi connectivity index (χ0n) is 8.91. The fourth-order valence-electron chi connectivity index (χ4n) is 0.996. The second-order valence-electron chi connectivity index (χ2n) is 3.24. The molecule has 0 unspecified atom stereocenters. The Kier molecular flexibility index (Phi) is 3.25. The highest BCUT2D eigenvalue weighted by Gasteiger charge is 2.09. The van der Waals surface area contributed by atoms with Crippen LogP contribution in [0, 0.1) is 0 Å². The number of hydrogen-bond donors (Lipinski definition) is 1. The molecule has 0 bridgehead atoms. The molecule has 0 aliphatic carbocycles. The lowest BCUT2D eigenvalue weighted by atomic mass is 10.4. The summed E-state index contributed by atoms with van der Waals surface area (Å²) >= 11 is 2.95. The lowest BCUT2D eigenvalue weighted by Crippen LogP contribution is -2.07. The first-order chi connectivity index (χ1) is 7.66. The van der Waals surface area contributed by atoms with Crippen molar-refractivity contribution in [3.05, 3.63) is 18.3 Å². The minimum Gasteiger partial charge on any atom is -0.397 e. The van der Waals surface area contributed by atoms with E-state index in [0.717, 1.165) is 14.5 Å². The van der Waals surface area contributed by atoms with Gasteiger partial charge in [-0.15, -0.1) is 10.2 Å². The van der Waals surface area contributed by atoms with Gasteiger partial charge in [0, 0.05) is 20.3 Å². The minimum absolute atomic E-state index is 0.661. The van der Waals surface area contributed by atoms with Crippen LogP contribution >= 0.6 is 23.1 Å². The predicted octanol–water partition coefficient (Wildman–Crippen LogP) is 1.73. The Balaban J connectivity index is 2.18. The number of anilines is 2. The molecule has 0 saturated carbocycles. The zero-order valence-corrected chi connectivity index (χ0v) is 10.5. The Morgan fingerprint density at radius 2 is 2.19 bits per heavy atom. The number of nitrogens with two attached hydrogens (primary N) is 1. The highest BCUT2D eigenvalue weighted by Crippen LogP contribution is 2.33. The van der Waals surface area contributed by atoms with Crippen LogP contribution < -0.4 is 10.6 Å². The lowest BCUT2D eigenvalue weighted by Gasteiger charge is -2.03. The van der Waals surface area contributed by atoms with Crippen LogP contribution in [0.3, 0.4) is 0 Å². The third-order valence-electron chi connectivity index (χ3n) is 1.76. The minimum atomic E-state index is 0.661. The van der Waals surface area contributed by atoms with E-state index in [-0.39, 0.29) is 0 Å². The van der Waals surface area contributed by atoms with Gasteiger partial charge in [-0.25, -0.2) is 4.98 Å². The molecule has 0 aromatic carbocycles. The molecule has 5 nitrogen and oxygen atoms in total. The van der Waals surface area contributed by atoms with Gasteiger partial charge in [-0.3, -0.25) is 0 Å². The van der Waals surface area contributed by atoms with Gasteiger partial charge in [-0.2, -0.15) is 0 Å². The molecule has 2 rings (SSSR count). The first kappa shape index (κ1) is 11.2. The Hall–Kier alpha value is -1.34. The largest absolute Gasteiger partial charge is 0.397 e. The number of nitrogens with zero attached hydrogens (tertiary/aromatic N) is 4. The Labute approximate surface area is 102 Å². The van der Waals surface area contributed by atoms with E-state index < -0.39 is 0 Å². The lowest BCUT2D eigenvalue weighted by molar-refractivity contribution is 0.970. The first-order valence-corrected chi connectivity index (χ1v) is 6.19. The van der Waals surface area contributed by atoms with Crippen molar-refractivity contribution in [1.82, 2.24) is 15.2 Å². The van der Waals surface area contributed by atoms with Gasteiger partial charge in [0.15, 0.2) is 4.34 Å². The van der Waals surface area contributed by atoms with Gasteiger partial charge in [-0.05, 0) is 23.9 Å². The van der Waals surface area contributed by atoms with E-state index in [0.29, 0.717) is 5.69 Å². The molecule has 0 radical (unpaired) electrons. The Morgan fingerprint density at radius 1 is 1.38 bits per heavy atom. The normalized spacial score (nSPS) is 10.4. The maximum Gasteiger partial charge on any atom is 0.208 e. The smallest absolute Gasteiger partial charge is 0.208 e. The average Bonchev–Trinajstić information content (AvgIpc) is 2.70. The SMILES string of the molecule is CN(C)c1nnc(Sc2ncccc2N)s1. The summed E-state index contributed by atoms with van der Waals surface area (Å²) in [5.41, 5.74) is 6.46. The molecule has 0 spiro atoms. The van der Waals surface area contributed by atoms with Gasteiger partial charge < -0.3 is 10.6 Å². The highest BCUT2D eigenvalue weighted by atomic mass is 32.2. The number of nitrogen functional groups attached to an aromatic ring is 1. The van der Waals surface area contributed by atoms with Crippen molar-refractivity contribution in [2.24, 2.45) is 0 Å². The maximum atomic E-state index is 5.80. The van der Waals surface area contributed by atoms with Gasteiger partial charge in [0.1, 0.15) is 5.03 Å². The van der Waals surface area contributed by atoms with Gasteiger partial charge in [0.2, 0.25) is 5.13 Å². The van der Waals surface area contributed by atoms with Crippen molar-refractivity contribution in [3.8, 4) is 0 Å². The van der Waals surface area contributed by atoms with Crippen LogP contribution in [0.1, 0.15) is 0 Å². The first-order valence-electron chi connectivity index (χ1n) is 4.56. The van der Waals surface area contributed by atoms with Crippen molar-refractivity contribution in [1.29, 1.82) is 0 Å². The summed E-state index contributed by atoms with van der Waals surface area (Å²) in [6.45, 7) is 0. The number of aromatic nitrogens is 3. The highest BCUT2D eigenvalue weighted by molar-refractivity contribution is 8.01. The van der Waals surface area contributed by atoms with E-state index in [4.69, 9.17) is 5.73 Å². The maximum absolute atomic E-state index is 5.80. The molecule has 2 N–H and O–H groups in total. The summed E-state index contributed by atoms with van der Waals surface area (Å²) < 4.78 is 0.842. The van der Waals surface area contributed by atoms with Gasteiger partial charge in [-0.1, -0.05) is 11.3 Å². The molecule has 0 fully saturated rings. The summed E-state index contributed by atoms with van der Waals surface area (Å²) in [6, 6.07) is 3.63. The third-order valence-corrected chi connectivity index (χ3v) is 3.94. The topological polar surface area (TPSA) is 67.9 Å². The second-order valence-corrected chi connectivity index (χ2v) is 5.44. The molecule has 84 valence electrons. The van der Waals surface area contributed by atoms with Crippen LogP contribution in [0.2, 0.25) is 0 Å². The monoisotopic (exact) mass is 253 g/mol. The molecule has 2 aromatic rings. The fourth-order valence-corrected chi connectivity index (χ4v) is 2.67. The van der Waals surface area contributed by atoms with Crippen molar-refractivity contribution in [2.45, 2.75) is 9.37 Å². The van der Waals surface area contributed by atoms with Gasteiger partial charge >= 0.3 is 0 Å². The summed E-state index contributed by atoms with van der Waals surface area (Å²) in [5, 5.41) is 9.75. The number of pyridine rings is 1. The second kappa shape index (κ2) is 4.67. The van der Waals surface area contributed by atoms with Crippen LogP contribution in [-0.4, -0.2) is 29.3 Å². The summed E-state index contributed by atoms with van der Waals surface area (Å²) in [4.78, 5) is 6.11. The van der Waals surface area contributed by atoms with Crippen LogP contribution in [0.5, 0.6) is 0 Å². The molecule has 7 heteroatoms. The van der Waals surface area contributed by atoms with Crippen molar-refractivity contribution in [2.75, 3.05) is 24.7 Å². The fraction of sp³-hybridized carbons (Fsp3) is 0.222. The third kappa shape index (κ3) is 2.42. The van der Waals surface area contributed by atoms with Crippen LogP contribution in [0.25, 0.3) is 0 Å². The van der Waals surface area contributed by atoms with Crippen LogP contribution in [0.4, 0.5) is 10.8 Å². The molecule has 0 amide bonds. The van der Waals surface area contributed by atoms with E-state index in [9.17, 15) is 0 Å². The van der Waals surface area contributed by atoms with E-state index in [1.807, 2.05) is 31.1 Å². The Morgan fingerprint density at radius 3 is 2.81 bits per heavy atom. The van der Waals surface area contributed by atoms with E-state index in [2.05, 4.69) is 15.2 Å². The summed E-state index contributed by atoms with van der Waals surface area (Å²) in [5.74, 6) is 0. The summed E-state index contributed by atoms with van der Waals surface area (Å²) in [7, 11) is 3.87. The molecule has 0 aliphatic heterocycles. The molecule has 0 saturated heterocycles. The number of rotatable bonds is 3. The van der Waals surface area contributed by atoms with E-state index in [1.54, 1.807) is 6.20 Å². The molecule has 2 aromatic heterocycles. The zero-order chi connectivity index (χ0) is 11.5. The molecule has 2 heterocycles. The Bertz CT molecular complexity index is 482. The average molecular weight is 253 g/mol. The van der Waals surface area contributed by atoms with Crippen molar-refractivity contribution >= 4 is 33.9 Å². The molecule has 0 atom stereocenters. The van der Waals surface area contributed by atoms with Crippen molar-refractivity contribution < 1.29 is 0 Å². The van der Waals surface area contributed by atoms with E-state index in [1.165, 1.54) is 23.1 Å². The van der Waals surface area contributed by atoms with Crippen LogP contribution in [0.15, 0.2) is 27.7 Å². The molecular formula is C9H11N5S2. The molecule has 16 heavy (non-hydrogen) atoms. The standard InChI is InChI=1S/C9H11N5S2/c1-14(2)8-12-13-9(16-8)15-7-6(10)4-3-5-11-7/h3-5H,10H2,1-2H3. The van der Waals surface area contributed by atoms with Crippen LogP contribution in [-0.2, 0) is 0 Å². The van der Waals surface area contributed by atoms with Gasteiger partial charge in [0.25, 0.3) is 0 Å². The van der Waals surface area contributed by atoms with Gasteiger partial charge in [0.05, 0.1) is 5.69 Å². The molecule has 0 aliphatic rings. The quantitative estimate of drug-likeness (QED) is 0.898. The molecular weight excluding hydrogens is 242 g/mol. The van der Waals surface area contributed by atoms with E-state index >= 15 is 0 Å². The number of hydrogen-bond acceptors (Lipinski definition) is 7. The summed E-state index contributed by atoms with van der Waals surface area (Å²) in [6.07, 6.45) is 1.71. The predicted molar refractivity (Wildman–Crippen MR) is 67.0 cm³/mol. The van der Waals surface area contributed by atoms with Crippen molar-refractivity contribution in [3.63, 3.8) is 0 Å².